The number of carbonyl (C=O) groups is 1. The van der Waals surface area contributed by atoms with E-state index < -0.39 is 5.60 Å². The van der Waals surface area contributed by atoms with Gasteiger partial charge in [0.1, 0.15) is 5.60 Å². The van der Waals surface area contributed by atoms with Gasteiger partial charge in [-0.3, -0.25) is 4.90 Å². The first-order valence-corrected chi connectivity index (χ1v) is 11.1. The van der Waals surface area contributed by atoms with Gasteiger partial charge in [-0.2, -0.15) is 0 Å². The fraction of sp³-hybridized carbons (Fsp3) is 0.885. The molecule has 0 rings (SSSR count). The summed E-state index contributed by atoms with van der Waals surface area (Å²) in [7, 11) is 0. The topological polar surface area (TPSA) is 29.5 Å². The van der Waals surface area contributed by atoms with E-state index in [9.17, 15) is 4.79 Å². The van der Waals surface area contributed by atoms with Crippen molar-refractivity contribution in [3.8, 4) is 0 Å². The predicted molar refractivity (Wildman–Crippen MR) is 127 cm³/mol. The smallest absolute Gasteiger partial charge is 0.330 e. The highest BCUT2D eigenvalue weighted by Crippen LogP contribution is 2.46. The lowest BCUT2D eigenvalue weighted by Gasteiger charge is -2.60. The highest BCUT2D eigenvalue weighted by atomic mass is 16.6. The second kappa shape index (κ2) is 8.73. The summed E-state index contributed by atoms with van der Waals surface area (Å²) in [6.45, 7) is 35.5. The fourth-order valence-electron chi connectivity index (χ4n) is 6.68. The van der Waals surface area contributed by atoms with Gasteiger partial charge in [0.25, 0.3) is 0 Å². The molecule has 0 aromatic heterocycles. The minimum absolute atomic E-state index is 0.0327. The molecule has 0 fully saturated rings. The highest BCUT2D eigenvalue weighted by Gasteiger charge is 2.50. The first kappa shape index (κ1) is 28.2. The molecule has 0 heterocycles. The van der Waals surface area contributed by atoms with Crippen LogP contribution in [0.2, 0.25) is 0 Å². The Morgan fingerprint density at radius 1 is 0.690 bits per heavy atom. The maximum Gasteiger partial charge on any atom is 0.330 e. The van der Waals surface area contributed by atoms with E-state index in [1.165, 1.54) is 6.08 Å². The van der Waals surface area contributed by atoms with Crippen LogP contribution in [0.15, 0.2) is 12.7 Å². The molecule has 29 heavy (non-hydrogen) atoms. The summed E-state index contributed by atoms with van der Waals surface area (Å²) in [5, 5.41) is 0. The predicted octanol–water partition coefficient (Wildman–Crippen LogP) is 7.39. The highest BCUT2D eigenvalue weighted by molar-refractivity contribution is 5.81. The van der Waals surface area contributed by atoms with Gasteiger partial charge in [-0.05, 0) is 79.1 Å². The van der Waals surface area contributed by atoms with Gasteiger partial charge in [-0.15, -0.1) is 0 Å². The molecule has 0 saturated carbocycles. The third-order valence-corrected chi connectivity index (χ3v) is 5.14. The van der Waals surface area contributed by atoms with Gasteiger partial charge in [0.15, 0.2) is 0 Å². The molecular weight excluding hydrogens is 358 g/mol. The Bertz CT molecular complexity index is 540. The summed E-state index contributed by atoms with van der Waals surface area (Å²) >= 11 is 0. The zero-order chi connectivity index (χ0) is 23.7. The maximum atomic E-state index is 11.9. The molecule has 3 heteroatoms. The average molecular weight is 410 g/mol. The Hall–Kier alpha value is -0.830. The summed E-state index contributed by atoms with van der Waals surface area (Å²) < 4.78 is 5.72. The van der Waals surface area contributed by atoms with E-state index in [2.05, 4.69) is 94.6 Å². The minimum atomic E-state index is -0.581. The molecule has 172 valence electrons. The molecule has 0 aromatic carbocycles. The van der Waals surface area contributed by atoms with Gasteiger partial charge in [0.2, 0.25) is 0 Å². The van der Waals surface area contributed by atoms with E-state index >= 15 is 0 Å². The normalized spacial score (nSPS) is 14.9. The van der Waals surface area contributed by atoms with Crippen LogP contribution in [0.3, 0.4) is 0 Å². The average Bonchev–Trinajstić information content (AvgIpc) is 2.27. The van der Waals surface area contributed by atoms with Crippen LogP contribution < -0.4 is 0 Å². The van der Waals surface area contributed by atoms with Crippen molar-refractivity contribution < 1.29 is 9.53 Å². The zero-order valence-electron chi connectivity index (χ0n) is 22.2. The molecule has 3 nitrogen and oxygen atoms in total. The largest absolute Gasteiger partial charge is 0.456 e. The molecule has 0 saturated heterocycles. The second-order valence-electron chi connectivity index (χ2n) is 13.8. The van der Waals surface area contributed by atoms with Crippen molar-refractivity contribution in [2.45, 2.75) is 138 Å². The third kappa shape index (κ3) is 9.68. The third-order valence-electron chi connectivity index (χ3n) is 5.14. The van der Waals surface area contributed by atoms with E-state index in [1.807, 2.05) is 13.8 Å². The van der Waals surface area contributed by atoms with Crippen LogP contribution in [-0.4, -0.2) is 33.1 Å². The van der Waals surface area contributed by atoms with Crippen LogP contribution in [0.25, 0.3) is 0 Å². The number of ether oxygens (including phenoxy) is 1. The molecule has 0 atom stereocenters. The van der Waals surface area contributed by atoms with Crippen molar-refractivity contribution in [1.82, 2.24) is 4.90 Å². The molecule has 0 aliphatic rings. The summed E-state index contributed by atoms with van der Waals surface area (Å²) in [5.41, 5.74) is -0.415. The number of esters is 1. The van der Waals surface area contributed by atoms with Gasteiger partial charge in [-0.1, -0.05) is 48.1 Å². The standard InChI is InChI=1S/C26H51NO2/c1-16-20(28)29-26(14,15)19-25(12,13)27(23(8,9)17-21(2,3)4)24(10,11)18-22(5,6)7/h16H,1,17-19H2,2-15H3. The number of hydrogen-bond donors (Lipinski definition) is 0. The Morgan fingerprint density at radius 3 is 1.28 bits per heavy atom. The lowest BCUT2D eigenvalue weighted by Crippen LogP contribution is -2.66. The first-order chi connectivity index (χ1) is 12.4. The van der Waals surface area contributed by atoms with Crippen LogP contribution in [0.1, 0.15) is 116 Å². The minimum Gasteiger partial charge on any atom is -0.456 e. The van der Waals surface area contributed by atoms with Gasteiger partial charge in [0, 0.05) is 29.1 Å². The van der Waals surface area contributed by atoms with Gasteiger partial charge >= 0.3 is 5.97 Å². The summed E-state index contributed by atoms with van der Waals surface area (Å²) in [5.74, 6) is -0.361. The quantitative estimate of drug-likeness (QED) is 0.293. The van der Waals surface area contributed by atoms with Crippen LogP contribution in [0, 0.1) is 10.8 Å². The number of hydrogen-bond acceptors (Lipinski definition) is 3. The molecule has 0 bridgehead atoms. The monoisotopic (exact) mass is 409 g/mol. The number of rotatable bonds is 9. The summed E-state index contributed by atoms with van der Waals surface area (Å²) in [6, 6.07) is 0. The second-order valence-corrected chi connectivity index (χ2v) is 13.8. The van der Waals surface area contributed by atoms with Crippen LogP contribution in [0.4, 0.5) is 0 Å². The Morgan fingerprint density at radius 2 is 1.00 bits per heavy atom. The maximum absolute atomic E-state index is 11.9. The molecule has 0 radical (unpaired) electrons. The van der Waals surface area contributed by atoms with Crippen LogP contribution in [0.5, 0.6) is 0 Å². The summed E-state index contributed by atoms with van der Waals surface area (Å²) in [4.78, 5) is 14.6. The first-order valence-electron chi connectivity index (χ1n) is 11.1. The SMILES string of the molecule is C=CC(=O)OC(C)(C)CC(C)(C)N(C(C)(C)CC(C)(C)C)C(C)(C)CC(C)(C)C. The van der Waals surface area contributed by atoms with Crippen molar-refractivity contribution in [1.29, 1.82) is 0 Å². The van der Waals surface area contributed by atoms with Gasteiger partial charge in [-0.25, -0.2) is 4.79 Å². The molecule has 0 spiro atoms. The van der Waals surface area contributed by atoms with Crippen molar-refractivity contribution in [2.75, 3.05) is 0 Å². The number of nitrogens with zero attached hydrogens (tertiary/aromatic N) is 1. The molecular formula is C26H51NO2. The van der Waals surface area contributed by atoms with E-state index in [1.54, 1.807) is 0 Å². The van der Waals surface area contributed by atoms with E-state index in [0.717, 1.165) is 19.3 Å². The van der Waals surface area contributed by atoms with Gasteiger partial charge < -0.3 is 4.74 Å². The van der Waals surface area contributed by atoms with Crippen LogP contribution in [-0.2, 0) is 9.53 Å². The van der Waals surface area contributed by atoms with Gasteiger partial charge in [0.05, 0.1) is 0 Å². The molecule has 0 N–H and O–H groups in total. The lowest BCUT2D eigenvalue weighted by atomic mass is 9.71. The van der Waals surface area contributed by atoms with Crippen molar-refractivity contribution in [3.63, 3.8) is 0 Å². The molecule has 0 unspecified atom stereocenters. The van der Waals surface area contributed by atoms with Crippen LogP contribution >= 0.6 is 0 Å². The van der Waals surface area contributed by atoms with E-state index in [0.29, 0.717) is 0 Å². The zero-order valence-corrected chi connectivity index (χ0v) is 22.2. The Labute approximate surface area is 182 Å². The van der Waals surface area contributed by atoms with E-state index in [4.69, 9.17) is 4.74 Å². The Balaban J connectivity index is 6.27. The molecule has 0 aliphatic carbocycles. The van der Waals surface area contributed by atoms with Crippen molar-refractivity contribution >= 4 is 5.97 Å². The van der Waals surface area contributed by atoms with Crippen molar-refractivity contribution in [2.24, 2.45) is 10.8 Å². The molecule has 0 aliphatic heterocycles. The molecule has 0 aromatic rings. The van der Waals surface area contributed by atoms with Crippen molar-refractivity contribution in [3.05, 3.63) is 12.7 Å². The lowest BCUT2D eigenvalue weighted by molar-refractivity contribution is -0.159. The molecule has 0 amide bonds. The Kier molecular flexibility index (Phi) is 8.48. The number of carbonyl (C=O) groups excluding carboxylic acids is 1. The summed E-state index contributed by atoms with van der Waals surface area (Å²) in [6.07, 6.45) is 4.13. The van der Waals surface area contributed by atoms with E-state index in [-0.39, 0.29) is 33.4 Å². The fourth-order valence-corrected chi connectivity index (χ4v) is 6.68.